The smallest absolute Gasteiger partial charge is 0.221 e. The molecular weight excluding hydrogens is 248 g/mol. The molecule has 1 aromatic carbocycles. The van der Waals surface area contributed by atoms with Gasteiger partial charge in [-0.1, -0.05) is 12.2 Å². The quantitative estimate of drug-likeness (QED) is 0.820. The number of rotatable bonds is 4. The van der Waals surface area contributed by atoms with E-state index in [0.717, 1.165) is 29.1 Å². The molecule has 3 rings (SSSR count). The van der Waals surface area contributed by atoms with Gasteiger partial charge in [-0.15, -0.1) is 0 Å². The number of anilines is 2. The Hall–Kier alpha value is -1.77. The molecule has 0 saturated heterocycles. The average molecular weight is 270 g/mol. The molecule has 2 N–H and O–H groups in total. The summed E-state index contributed by atoms with van der Waals surface area (Å²) >= 11 is 0. The molecule has 0 radical (unpaired) electrons. The van der Waals surface area contributed by atoms with Crippen LogP contribution in [-0.4, -0.2) is 11.9 Å². The van der Waals surface area contributed by atoms with Crippen LogP contribution in [0.3, 0.4) is 0 Å². The standard InChI is InChI=1S/C17H22N2O/c1-11(17-10-13-3-4-14(17)9-13)18-15-5-7-16(8-6-15)19-12(2)20/h3-8,11,13-14,17-18H,9-10H2,1-2H3,(H,19,20). The zero-order chi connectivity index (χ0) is 14.1. The lowest BCUT2D eigenvalue weighted by atomic mass is 9.87. The highest BCUT2D eigenvalue weighted by Crippen LogP contribution is 2.45. The van der Waals surface area contributed by atoms with Gasteiger partial charge in [-0.05, 0) is 61.8 Å². The fraction of sp³-hybridized carbons (Fsp3) is 0.471. The van der Waals surface area contributed by atoms with Crippen LogP contribution in [0.15, 0.2) is 36.4 Å². The first-order valence-electron chi connectivity index (χ1n) is 7.44. The molecule has 1 aromatic rings. The number of carbonyl (C=O) groups excluding carboxylic acids is 1. The summed E-state index contributed by atoms with van der Waals surface area (Å²) in [6, 6.07) is 8.44. The highest BCUT2D eigenvalue weighted by atomic mass is 16.1. The van der Waals surface area contributed by atoms with Gasteiger partial charge in [0.05, 0.1) is 0 Å². The summed E-state index contributed by atoms with van der Waals surface area (Å²) in [5.74, 6) is 2.30. The van der Waals surface area contributed by atoms with Gasteiger partial charge >= 0.3 is 0 Å². The molecule has 2 aliphatic carbocycles. The lowest BCUT2D eigenvalue weighted by Gasteiger charge is -2.27. The van der Waals surface area contributed by atoms with E-state index in [2.05, 4.69) is 29.7 Å². The Balaban J connectivity index is 1.60. The fourth-order valence-corrected chi connectivity index (χ4v) is 3.62. The van der Waals surface area contributed by atoms with Gasteiger partial charge in [0.1, 0.15) is 0 Å². The van der Waals surface area contributed by atoms with Gasteiger partial charge in [-0.3, -0.25) is 4.79 Å². The van der Waals surface area contributed by atoms with E-state index in [1.807, 2.05) is 24.3 Å². The molecule has 0 aliphatic heterocycles. The zero-order valence-corrected chi connectivity index (χ0v) is 12.1. The SMILES string of the molecule is CC(=O)Nc1ccc(NC(C)C2CC3C=CC2C3)cc1. The molecule has 3 heteroatoms. The molecule has 3 nitrogen and oxygen atoms in total. The summed E-state index contributed by atoms with van der Waals surface area (Å²) in [4.78, 5) is 11.0. The largest absolute Gasteiger partial charge is 0.382 e. The Bertz CT molecular complexity index is 520. The number of carbonyl (C=O) groups is 1. The molecule has 0 aromatic heterocycles. The summed E-state index contributed by atoms with van der Waals surface area (Å²) in [6.07, 6.45) is 7.45. The molecular formula is C17H22N2O. The molecule has 1 amide bonds. The molecule has 0 spiro atoms. The fourth-order valence-electron chi connectivity index (χ4n) is 3.62. The predicted molar refractivity (Wildman–Crippen MR) is 82.7 cm³/mol. The summed E-state index contributed by atoms with van der Waals surface area (Å²) in [7, 11) is 0. The number of hydrogen-bond donors (Lipinski definition) is 2. The van der Waals surface area contributed by atoms with Gasteiger partial charge in [0.15, 0.2) is 0 Å². The normalized spacial score (nSPS) is 28.4. The second-order valence-electron chi connectivity index (χ2n) is 6.14. The van der Waals surface area contributed by atoms with Crippen molar-refractivity contribution in [3.63, 3.8) is 0 Å². The first-order valence-corrected chi connectivity index (χ1v) is 7.44. The maximum Gasteiger partial charge on any atom is 0.221 e. The van der Waals surface area contributed by atoms with E-state index in [1.54, 1.807) is 0 Å². The van der Waals surface area contributed by atoms with E-state index >= 15 is 0 Å². The number of hydrogen-bond acceptors (Lipinski definition) is 2. The van der Waals surface area contributed by atoms with Crippen molar-refractivity contribution < 1.29 is 4.79 Å². The van der Waals surface area contributed by atoms with Gasteiger partial charge in [0, 0.05) is 24.3 Å². The molecule has 106 valence electrons. The molecule has 2 bridgehead atoms. The molecule has 4 unspecified atom stereocenters. The van der Waals surface area contributed by atoms with Gasteiger partial charge in [0.25, 0.3) is 0 Å². The highest BCUT2D eigenvalue weighted by Gasteiger charge is 2.38. The number of fused-ring (bicyclic) bond motifs is 2. The van der Waals surface area contributed by atoms with Crippen LogP contribution in [0.25, 0.3) is 0 Å². The van der Waals surface area contributed by atoms with Crippen LogP contribution >= 0.6 is 0 Å². The Kier molecular flexibility index (Phi) is 3.51. The zero-order valence-electron chi connectivity index (χ0n) is 12.1. The van der Waals surface area contributed by atoms with Crippen molar-refractivity contribution in [2.24, 2.45) is 17.8 Å². The van der Waals surface area contributed by atoms with E-state index in [4.69, 9.17) is 0 Å². The van der Waals surface area contributed by atoms with Crippen molar-refractivity contribution in [3.05, 3.63) is 36.4 Å². The topological polar surface area (TPSA) is 41.1 Å². The third kappa shape index (κ3) is 2.72. The van der Waals surface area contributed by atoms with Crippen LogP contribution in [0, 0.1) is 17.8 Å². The van der Waals surface area contributed by atoms with E-state index in [1.165, 1.54) is 19.8 Å². The first kappa shape index (κ1) is 13.2. The minimum absolute atomic E-state index is 0.0344. The van der Waals surface area contributed by atoms with E-state index in [-0.39, 0.29) is 5.91 Å². The molecule has 1 fully saturated rings. The maximum absolute atomic E-state index is 11.0. The Morgan fingerprint density at radius 2 is 1.85 bits per heavy atom. The highest BCUT2D eigenvalue weighted by molar-refractivity contribution is 5.88. The van der Waals surface area contributed by atoms with Crippen molar-refractivity contribution in [1.29, 1.82) is 0 Å². The number of benzene rings is 1. The minimum Gasteiger partial charge on any atom is -0.382 e. The molecule has 20 heavy (non-hydrogen) atoms. The minimum atomic E-state index is -0.0344. The van der Waals surface area contributed by atoms with Crippen molar-refractivity contribution in [2.45, 2.75) is 32.7 Å². The van der Waals surface area contributed by atoms with Crippen molar-refractivity contribution in [2.75, 3.05) is 10.6 Å². The summed E-state index contributed by atoms with van der Waals surface area (Å²) < 4.78 is 0. The van der Waals surface area contributed by atoms with E-state index in [9.17, 15) is 4.79 Å². The van der Waals surface area contributed by atoms with Crippen molar-refractivity contribution in [3.8, 4) is 0 Å². The van der Waals surface area contributed by atoms with Crippen LogP contribution in [0.4, 0.5) is 11.4 Å². The van der Waals surface area contributed by atoms with E-state index < -0.39 is 0 Å². The van der Waals surface area contributed by atoms with E-state index in [0.29, 0.717) is 6.04 Å². The van der Waals surface area contributed by atoms with Gasteiger partial charge in [-0.25, -0.2) is 0 Å². The predicted octanol–water partition coefficient (Wildman–Crippen LogP) is 3.66. The Morgan fingerprint density at radius 3 is 2.40 bits per heavy atom. The van der Waals surface area contributed by atoms with Crippen molar-refractivity contribution >= 4 is 17.3 Å². The van der Waals surface area contributed by atoms with Crippen LogP contribution in [0.5, 0.6) is 0 Å². The average Bonchev–Trinajstić information content (AvgIpc) is 3.03. The Morgan fingerprint density at radius 1 is 1.15 bits per heavy atom. The van der Waals surface area contributed by atoms with Gasteiger partial charge in [-0.2, -0.15) is 0 Å². The third-order valence-electron chi connectivity index (χ3n) is 4.57. The second-order valence-corrected chi connectivity index (χ2v) is 6.14. The third-order valence-corrected chi connectivity index (χ3v) is 4.57. The summed E-state index contributed by atoms with van der Waals surface area (Å²) in [5.41, 5.74) is 1.97. The second kappa shape index (κ2) is 5.31. The first-order chi connectivity index (χ1) is 9.61. The summed E-state index contributed by atoms with van der Waals surface area (Å²) in [5, 5.41) is 6.39. The van der Waals surface area contributed by atoms with Crippen LogP contribution < -0.4 is 10.6 Å². The maximum atomic E-state index is 11.0. The van der Waals surface area contributed by atoms with Crippen LogP contribution in [-0.2, 0) is 4.79 Å². The van der Waals surface area contributed by atoms with Gasteiger partial charge < -0.3 is 10.6 Å². The lowest BCUT2D eigenvalue weighted by Crippen LogP contribution is -2.28. The van der Waals surface area contributed by atoms with Crippen LogP contribution in [0.2, 0.25) is 0 Å². The van der Waals surface area contributed by atoms with Crippen molar-refractivity contribution in [1.82, 2.24) is 0 Å². The lowest BCUT2D eigenvalue weighted by molar-refractivity contribution is -0.114. The number of allylic oxidation sites excluding steroid dienone is 2. The number of amides is 1. The monoisotopic (exact) mass is 270 g/mol. The van der Waals surface area contributed by atoms with Crippen LogP contribution in [0.1, 0.15) is 26.7 Å². The summed E-state index contributed by atoms with van der Waals surface area (Å²) in [6.45, 7) is 3.80. The number of nitrogens with one attached hydrogen (secondary N) is 2. The molecule has 1 saturated carbocycles. The molecule has 0 heterocycles. The Labute approximate surface area is 120 Å². The van der Waals surface area contributed by atoms with Gasteiger partial charge in [0.2, 0.25) is 5.91 Å². The molecule has 4 atom stereocenters. The molecule has 2 aliphatic rings.